The molecule has 1 unspecified atom stereocenters. The summed E-state index contributed by atoms with van der Waals surface area (Å²) in [5, 5.41) is 17.3. The molecule has 6 rings (SSSR count). The van der Waals surface area contributed by atoms with Crippen LogP contribution in [0.5, 0.6) is 0 Å². The molecular formula is C27H20FN5O3. The molecule has 0 amide bonds. The maximum atomic E-state index is 14.0. The SMILES string of the molecule is Cc1noc(C)c1-c1cc(C(O)(c2ccccn2)c2ccc3ccc(F)cc3n2)c2[nH]c(=O)[nH]c2c1. The smallest absolute Gasteiger partial charge is 0.323 e. The van der Waals surface area contributed by atoms with Gasteiger partial charge in [0.2, 0.25) is 0 Å². The number of hydrogen-bond acceptors (Lipinski definition) is 6. The number of aryl methyl sites for hydroxylation is 2. The summed E-state index contributed by atoms with van der Waals surface area (Å²) in [4.78, 5) is 27.1. The Labute approximate surface area is 203 Å². The van der Waals surface area contributed by atoms with Gasteiger partial charge < -0.3 is 19.6 Å². The van der Waals surface area contributed by atoms with E-state index < -0.39 is 17.1 Å². The molecule has 3 N–H and O–H groups in total. The molecule has 8 nitrogen and oxygen atoms in total. The second-order valence-corrected chi connectivity index (χ2v) is 8.68. The zero-order chi connectivity index (χ0) is 25.0. The van der Waals surface area contributed by atoms with Crippen LogP contribution in [0.1, 0.15) is 28.4 Å². The molecule has 0 radical (unpaired) electrons. The van der Waals surface area contributed by atoms with E-state index in [2.05, 4.69) is 25.1 Å². The van der Waals surface area contributed by atoms with Gasteiger partial charge in [0.25, 0.3) is 0 Å². The van der Waals surface area contributed by atoms with Crippen molar-refractivity contribution < 1.29 is 14.0 Å². The molecule has 0 spiro atoms. The monoisotopic (exact) mass is 481 g/mol. The van der Waals surface area contributed by atoms with E-state index in [9.17, 15) is 14.3 Å². The van der Waals surface area contributed by atoms with E-state index in [4.69, 9.17) is 4.52 Å². The van der Waals surface area contributed by atoms with E-state index in [-0.39, 0.29) is 11.4 Å². The third kappa shape index (κ3) is 3.32. The molecule has 4 heterocycles. The predicted octanol–water partition coefficient (Wildman–Crippen LogP) is 4.49. The second-order valence-electron chi connectivity index (χ2n) is 8.68. The molecule has 0 saturated carbocycles. The molecule has 6 aromatic rings. The van der Waals surface area contributed by atoms with Gasteiger partial charge in [-0.3, -0.25) is 4.98 Å². The van der Waals surface area contributed by atoms with Gasteiger partial charge in [-0.2, -0.15) is 0 Å². The van der Waals surface area contributed by atoms with E-state index in [1.54, 1.807) is 61.7 Å². The Balaban J connectivity index is 1.72. The Hall–Kier alpha value is -4.63. The van der Waals surface area contributed by atoms with Crippen molar-refractivity contribution in [2.24, 2.45) is 0 Å². The standard InChI is InChI=1S/C27H20FN5O3/c1-14-24(15(2)36-33-14)17-11-19(25-21(12-17)31-26(34)32-25)27(35,22-5-3-4-10-29-22)23-9-7-16-6-8-18(28)13-20(16)30-23/h3-13,35H,1-2H3,(H2,31,32,34). The lowest BCUT2D eigenvalue weighted by molar-refractivity contribution is 0.118. The second kappa shape index (κ2) is 7.96. The summed E-state index contributed by atoms with van der Waals surface area (Å²) in [5.74, 6) is 0.155. The zero-order valence-corrected chi connectivity index (χ0v) is 19.3. The van der Waals surface area contributed by atoms with Crippen LogP contribution in [-0.2, 0) is 5.60 Å². The van der Waals surface area contributed by atoms with Crippen LogP contribution >= 0.6 is 0 Å². The first-order chi connectivity index (χ1) is 17.3. The molecular weight excluding hydrogens is 461 g/mol. The van der Waals surface area contributed by atoms with Crippen LogP contribution in [0.4, 0.5) is 4.39 Å². The van der Waals surface area contributed by atoms with Crippen LogP contribution in [-0.4, -0.2) is 30.2 Å². The van der Waals surface area contributed by atoms with Crippen molar-refractivity contribution in [3.63, 3.8) is 0 Å². The number of halogens is 1. The molecule has 0 bridgehead atoms. The average molecular weight is 481 g/mol. The normalized spacial score (nSPS) is 13.3. The van der Waals surface area contributed by atoms with Crippen molar-refractivity contribution in [2.45, 2.75) is 19.4 Å². The van der Waals surface area contributed by atoms with E-state index in [0.29, 0.717) is 44.5 Å². The first kappa shape index (κ1) is 21.9. The minimum Gasteiger partial charge on any atom is -0.373 e. The molecule has 2 aromatic carbocycles. The quantitative estimate of drug-likeness (QED) is 0.341. The summed E-state index contributed by atoms with van der Waals surface area (Å²) in [7, 11) is 0. The lowest BCUT2D eigenvalue weighted by Crippen LogP contribution is -2.31. The fourth-order valence-corrected chi connectivity index (χ4v) is 4.74. The molecule has 1 atom stereocenters. The first-order valence-electron chi connectivity index (χ1n) is 11.2. The highest BCUT2D eigenvalue weighted by Crippen LogP contribution is 2.41. The van der Waals surface area contributed by atoms with Gasteiger partial charge in [0, 0.05) is 28.8 Å². The van der Waals surface area contributed by atoms with Gasteiger partial charge in [-0.25, -0.2) is 14.2 Å². The van der Waals surface area contributed by atoms with Gasteiger partial charge in [-0.1, -0.05) is 17.3 Å². The predicted molar refractivity (Wildman–Crippen MR) is 132 cm³/mol. The molecule has 0 aliphatic rings. The number of benzene rings is 2. The van der Waals surface area contributed by atoms with E-state index >= 15 is 0 Å². The Kier molecular flexibility index (Phi) is 4.84. The fraction of sp³-hybridized carbons (Fsp3) is 0.111. The van der Waals surface area contributed by atoms with Gasteiger partial charge >= 0.3 is 5.69 Å². The van der Waals surface area contributed by atoms with Crippen molar-refractivity contribution in [1.82, 2.24) is 25.1 Å². The molecule has 0 aliphatic carbocycles. The molecule has 4 aromatic heterocycles. The number of aliphatic hydroxyl groups is 1. The summed E-state index contributed by atoms with van der Waals surface area (Å²) in [6.45, 7) is 3.61. The highest BCUT2D eigenvalue weighted by Gasteiger charge is 2.39. The van der Waals surface area contributed by atoms with Crippen molar-refractivity contribution in [2.75, 3.05) is 0 Å². The number of aromatic amines is 2. The van der Waals surface area contributed by atoms with Crippen molar-refractivity contribution in [3.8, 4) is 11.1 Å². The Morgan fingerprint density at radius 2 is 1.83 bits per heavy atom. The molecule has 178 valence electrons. The number of imidazole rings is 1. The summed E-state index contributed by atoms with van der Waals surface area (Å²) in [5.41, 5.74) is 1.86. The molecule has 9 heteroatoms. The number of rotatable bonds is 4. The van der Waals surface area contributed by atoms with Crippen LogP contribution in [0.3, 0.4) is 0 Å². The number of hydrogen-bond donors (Lipinski definition) is 3. The van der Waals surface area contributed by atoms with Gasteiger partial charge in [-0.15, -0.1) is 0 Å². The minimum absolute atomic E-state index is 0.221. The van der Waals surface area contributed by atoms with Gasteiger partial charge in [0.1, 0.15) is 11.6 Å². The van der Waals surface area contributed by atoms with Crippen molar-refractivity contribution >= 4 is 21.9 Å². The Bertz CT molecular complexity index is 1800. The molecule has 36 heavy (non-hydrogen) atoms. The lowest BCUT2D eigenvalue weighted by Gasteiger charge is -2.29. The third-order valence-corrected chi connectivity index (χ3v) is 6.40. The lowest BCUT2D eigenvalue weighted by atomic mass is 9.83. The van der Waals surface area contributed by atoms with Gasteiger partial charge in [0.05, 0.1) is 33.6 Å². The fourth-order valence-electron chi connectivity index (χ4n) is 4.74. The number of fused-ring (bicyclic) bond motifs is 2. The summed E-state index contributed by atoms with van der Waals surface area (Å²) < 4.78 is 19.4. The maximum Gasteiger partial charge on any atom is 0.323 e. The van der Waals surface area contributed by atoms with Crippen LogP contribution in [0, 0.1) is 19.7 Å². The van der Waals surface area contributed by atoms with Gasteiger partial charge in [0.15, 0.2) is 5.60 Å². The Morgan fingerprint density at radius 3 is 2.58 bits per heavy atom. The average Bonchev–Trinajstić information content (AvgIpc) is 3.42. The maximum absolute atomic E-state index is 14.0. The third-order valence-electron chi connectivity index (χ3n) is 6.40. The molecule has 0 fully saturated rings. The number of nitrogens with zero attached hydrogens (tertiary/aromatic N) is 3. The highest BCUT2D eigenvalue weighted by atomic mass is 19.1. The number of H-pyrrole nitrogens is 2. The van der Waals surface area contributed by atoms with Crippen molar-refractivity contribution in [1.29, 1.82) is 0 Å². The summed E-state index contributed by atoms with van der Waals surface area (Å²) >= 11 is 0. The van der Waals surface area contributed by atoms with E-state index in [1.165, 1.54) is 12.1 Å². The van der Waals surface area contributed by atoms with Crippen LogP contribution < -0.4 is 5.69 Å². The van der Waals surface area contributed by atoms with Crippen LogP contribution in [0.15, 0.2) is 76.2 Å². The van der Waals surface area contributed by atoms with Crippen LogP contribution in [0.2, 0.25) is 0 Å². The molecule has 0 saturated heterocycles. The summed E-state index contributed by atoms with van der Waals surface area (Å²) in [6, 6.07) is 16.5. The van der Waals surface area contributed by atoms with E-state index in [1.807, 2.05) is 6.92 Å². The first-order valence-corrected chi connectivity index (χ1v) is 11.2. The van der Waals surface area contributed by atoms with Crippen molar-refractivity contribution in [3.05, 3.63) is 112 Å². The van der Waals surface area contributed by atoms with E-state index in [0.717, 1.165) is 5.56 Å². The largest absolute Gasteiger partial charge is 0.373 e. The Morgan fingerprint density at radius 1 is 1.00 bits per heavy atom. The number of nitrogens with one attached hydrogen (secondary N) is 2. The highest BCUT2D eigenvalue weighted by molar-refractivity contribution is 5.88. The van der Waals surface area contributed by atoms with Crippen LogP contribution in [0.25, 0.3) is 33.1 Å². The topological polar surface area (TPSA) is 121 Å². The number of pyridine rings is 2. The summed E-state index contributed by atoms with van der Waals surface area (Å²) in [6.07, 6.45) is 1.57. The van der Waals surface area contributed by atoms with Gasteiger partial charge in [-0.05, 0) is 61.9 Å². The number of aromatic nitrogens is 5. The molecule has 0 aliphatic heterocycles. The zero-order valence-electron chi connectivity index (χ0n) is 19.3. The minimum atomic E-state index is -1.90.